The van der Waals surface area contributed by atoms with Gasteiger partial charge in [0.05, 0.1) is 5.56 Å². The van der Waals surface area contributed by atoms with Crippen LogP contribution in [0.3, 0.4) is 0 Å². The normalized spacial score (nSPS) is 33.8. The van der Waals surface area contributed by atoms with Crippen LogP contribution in [0.15, 0.2) is 48.0 Å². The van der Waals surface area contributed by atoms with Crippen LogP contribution in [0.25, 0.3) is 0 Å². The van der Waals surface area contributed by atoms with Crippen molar-refractivity contribution in [2.75, 3.05) is 0 Å². The molecule has 0 heterocycles. The average Bonchev–Trinajstić information content (AvgIpc) is 3.39. The number of benzene rings is 2. The van der Waals surface area contributed by atoms with Gasteiger partial charge in [-0.1, -0.05) is 89.8 Å². The van der Waals surface area contributed by atoms with Gasteiger partial charge in [-0.2, -0.15) is 0 Å². The fourth-order valence-corrected chi connectivity index (χ4v) is 11.8. The summed E-state index contributed by atoms with van der Waals surface area (Å²) >= 11 is 0. The molecule has 1 N–H and O–H groups in total. The van der Waals surface area contributed by atoms with Crippen LogP contribution in [0.1, 0.15) is 159 Å². The summed E-state index contributed by atoms with van der Waals surface area (Å²) in [6, 6.07) is 10.1. The van der Waals surface area contributed by atoms with Gasteiger partial charge in [-0.3, -0.25) is 9.59 Å². The van der Waals surface area contributed by atoms with E-state index >= 15 is 0 Å². The number of carboxylic acids is 1. The molecule has 244 valence electrons. The van der Waals surface area contributed by atoms with Gasteiger partial charge in [-0.15, -0.1) is 0 Å². The molecule has 0 unspecified atom stereocenters. The molecule has 3 saturated carbocycles. The molecule has 4 nitrogen and oxygen atoms in total. The average molecular weight is 621 g/mol. The van der Waals surface area contributed by atoms with Crippen molar-refractivity contribution in [3.63, 3.8) is 0 Å². The Morgan fingerprint density at radius 1 is 0.870 bits per heavy atom. The lowest BCUT2D eigenvalue weighted by Gasteiger charge is -2.58. The molecule has 2 aromatic rings. The van der Waals surface area contributed by atoms with Crippen LogP contribution in [-0.2, 0) is 0 Å². The second-order valence-electron chi connectivity index (χ2n) is 16.7. The van der Waals surface area contributed by atoms with Crippen LogP contribution >= 0.6 is 0 Å². The summed E-state index contributed by atoms with van der Waals surface area (Å²) in [5.74, 6) is 3.10. The SMILES string of the molecule is CC(C)CCC[C@@H](C)[C@H]1CC[C@H]2[C@@H]3CC=C4C[C@@H](c5c(C(=O)O)ccc6c5C(=O)c5ccccc5C6=O)CC[C@]4(C)[C@H]3CC[C@]12C. The summed E-state index contributed by atoms with van der Waals surface area (Å²) in [5.41, 5.74) is 4.28. The van der Waals surface area contributed by atoms with Crippen LogP contribution in [0.2, 0.25) is 0 Å². The number of rotatable bonds is 7. The number of aromatic carboxylic acids is 1. The smallest absolute Gasteiger partial charge is 0.335 e. The second-order valence-corrected chi connectivity index (χ2v) is 16.7. The molecule has 0 aromatic heterocycles. The third-order valence-electron chi connectivity index (χ3n) is 14.1. The number of carbonyl (C=O) groups excluding carboxylic acids is 2. The van der Waals surface area contributed by atoms with E-state index in [9.17, 15) is 19.5 Å². The molecule has 4 heteroatoms. The maximum absolute atomic E-state index is 14.0. The van der Waals surface area contributed by atoms with Crippen molar-refractivity contribution in [2.45, 2.75) is 111 Å². The summed E-state index contributed by atoms with van der Waals surface area (Å²) in [6.45, 7) is 12.4. The third-order valence-corrected chi connectivity index (χ3v) is 14.1. The van der Waals surface area contributed by atoms with Crippen LogP contribution in [0.4, 0.5) is 0 Å². The quantitative estimate of drug-likeness (QED) is 0.267. The fourth-order valence-electron chi connectivity index (χ4n) is 11.8. The molecule has 0 amide bonds. The summed E-state index contributed by atoms with van der Waals surface area (Å²) in [4.78, 5) is 40.1. The molecule has 46 heavy (non-hydrogen) atoms. The summed E-state index contributed by atoms with van der Waals surface area (Å²) in [7, 11) is 0. The summed E-state index contributed by atoms with van der Waals surface area (Å²) in [5, 5.41) is 10.3. The molecular weight excluding hydrogens is 568 g/mol. The van der Waals surface area contributed by atoms with Crippen molar-refractivity contribution in [2.24, 2.45) is 46.3 Å². The van der Waals surface area contributed by atoms with Gasteiger partial charge in [-0.05, 0) is 121 Å². The first-order valence-electron chi connectivity index (χ1n) is 18.2. The van der Waals surface area contributed by atoms with Gasteiger partial charge in [-0.25, -0.2) is 4.79 Å². The van der Waals surface area contributed by atoms with Gasteiger partial charge >= 0.3 is 5.97 Å². The van der Waals surface area contributed by atoms with E-state index in [4.69, 9.17) is 0 Å². The van der Waals surface area contributed by atoms with Gasteiger partial charge in [0.2, 0.25) is 0 Å². The zero-order valence-electron chi connectivity index (χ0n) is 28.5. The Morgan fingerprint density at radius 2 is 1.61 bits per heavy atom. The zero-order chi connectivity index (χ0) is 32.5. The predicted octanol–water partition coefficient (Wildman–Crippen LogP) is 10.3. The molecule has 0 aliphatic heterocycles. The summed E-state index contributed by atoms with van der Waals surface area (Å²) in [6.07, 6.45) is 15.7. The van der Waals surface area contributed by atoms with Crippen LogP contribution in [0.5, 0.6) is 0 Å². The van der Waals surface area contributed by atoms with Gasteiger partial charge in [0.15, 0.2) is 11.6 Å². The van der Waals surface area contributed by atoms with Crippen molar-refractivity contribution in [1.29, 1.82) is 0 Å². The number of carbonyl (C=O) groups is 3. The minimum absolute atomic E-state index is 0.0876. The number of carboxylic acid groups (broad SMARTS) is 1. The number of allylic oxidation sites excluding steroid dienone is 2. The highest BCUT2D eigenvalue weighted by Crippen LogP contribution is 2.68. The Kier molecular flexibility index (Phi) is 7.96. The molecule has 5 aliphatic carbocycles. The molecule has 7 rings (SSSR count). The number of ketones is 2. The first kappa shape index (κ1) is 31.6. The summed E-state index contributed by atoms with van der Waals surface area (Å²) < 4.78 is 0. The highest BCUT2D eigenvalue weighted by Gasteiger charge is 2.59. The molecule has 2 aromatic carbocycles. The van der Waals surface area contributed by atoms with E-state index in [-0.39, 0.29) is 28.5 Å². The Hall–Kier alpha value is -3.01. The second kappa shape index (κ2) is 11.6. The van der Waals surface area contributed by atoms with Crippen LogP contribution in [0, 0.1) is 46.3 Å². The fraction of sp³-hybridized carbons (Fsp3) is 0.595. The van der Waals surface area contributed by atoms with Gasteiger partial charge in [0.1, 0.15) is 0 Å². The van der Waals surface area contributed by atoms with E-state index in [0.717, 1.165) is 55.3 Å². The third kappa shape index (κ3) is 4.79. The lowest BCUT2D eigenvalue weighted by Crippen LogP contribution is -2.50. The number of hydrogen-bond acceptors (Lipinski definition) is 3. The van der Waals surface area contributed by atoms with Crippen LogP contribution < -0.4 is 0 Å². The maximum atomic E-state index is 14.0. The molecule has 0 spiro atoms. The molecule has 0 radical (unpaired) electrons. The first-order valence-corrected chi connectivity index (χ1v) is 18.2. The lowest BCUT2D eigenvalue weighted by atomic mass is 9.46. The van der Waals surface area contributed by atoms with E-state index in [2.05, 4.69) is 40.7 Å². The number of fused-ring (bicyclic) bond motifs is 7. The molecule has 8 atom stereocenters. The minimum Gasteiger partial charge on any atom is -0.478 e. The predicted molar refractivity (Wildman–Crippen MR) is 182 cm³/mol. The van der Waals surface area contributed by atoms with Gasteiger partial charge in [0, 0.05) is 22.3 Å². The first-order chi connectivity index (χ1) is 22.0. The van der Waals surface area contributed by atoms with Crippen molar-refractivity contribution >= 4 is 17.5 Å². The van der Waals surface area contributed by atoms with E-state index in [1.807, 2.05) is 0 Å². The number of hydrogen-bond donors (Lipinski definition) is 1. The van der Waals surface area contributed by atoms with Crippen LogP contribution in [-0.4, -0.2) is 22.6 Å². The van der Waals surface area contributed by atoms with Crippen molar-refractivity contribution in [3.8, 4) is 0 Å². The Labute approximate surface area is 275 Å². The molecule has 0 saturated heterocycles. The molecule has 5 aliphatic rings. The van der Waals surface area contributed by atoms with Crippen molar-refractivity contribution in [3.05, 3.63) is 81.4 Å². The molecular formula is C42H52O4. The minimum atomic E-state index is -1.02. The van der Waals surface area contributed by atoms with Crippen molar-refractivity contribution in [1.82, 2.24) is 0 Å². The maximum Gasteiger partial charge on any atom is 0.335 e. The molecule has 0 bridgehead atoms. The van der Waals surface area contributed by atoms with E-state index < -0.39 is 5.97 Å². The standard InChI is InChI=1S/C42H52O4/c1-24(2)9-8-10-25(3)33-17-18-34-30-14-13-27-23-26(19-21-41(27,4)35(30)20-22-42(33,34)5)36-32(40(45)46)16-15-31-37(36)39(44)29-12-7-6-11-28(29)38(31)43/h6-7,11-13,15-16,24-26,30,33-35H,8-10,14,17-23H2,1-5H3,(H,45,46)/t25-,26+,30+,33-,34+,35+,41+,42-/m1/s1. The lowest BCUT2D eigenvalue weighted by molar-refractivity contribution is -0.0510. The highest BCUT2D eigenvalue weighted by molar-refractivity contribution is 6.29. The topological polar surface area (TPSA) is 71.4 Å². The van der Waals surface area contributed by atoms with E-state index in [0.29, 0.717) is 39.2 Å². The van der Waals surface area contributed by atoms with Gasteiger partial charge in [0.25, 0.3) is 0 Å². The Balaban J connectivity index is 1.17. The van der Waals surface area contributed by atoms with Crippen molar-refractivity contribution < 1.29 is 19.5 Å². The largest absolute Gasteiger partial charge is 0.478 e. The zero-order valence-corrected chi connectivity index (χ0v) is 28.5. The van der Waals surface area contributed by atoms with E-state index in [1.54, 1.807) is 36.4 Å². The monoisotopic (exact) mass is 620 g/mol. The molecule has 3 fully saturated rings. The van der Waals surface area contributed by atoms with Gasteiger partial charge < -0.3 is 5.11 Å². The Bertz CT molecular complexity index is 1610. The Morgan fingerprint density at radius 3 is 2.33 bits per heavy atom. The van der Waals surface area contributed by atoms with E-state index in [1.165, 1.54) is 50.5 Å². The highest BCUT2D eigenvalue weighted by atomic mass is 16.4.